The van der Waals surface area contributed by atoms with Crippen molar-refractivity contribution in [2.75, 3.05) is 6.54 Å². The number of amides is 1. The Morgan fingerprint density at radius 1 is 1.12 bits per heavy atom. The van der Waals surface area contributed by atoms with Crippen LogP contribution in [0.4, 0.5) is 0 Å². The largest absolute Gasteiger partial charge is 0.480 e. The average Bonchev–Trinajstić information content (AvgIpc) is 3.10. The number of carboxylic acids is 1. The molecule has 0 bridgehead atoms. The van der Waals surface area contributed by atoms with Gasteiger partial charge in [-0.25, -0.2) is 0 Å². The molecule has 0 heterocycles. The Labute approximate surface area is 208 Å². The summed E-state index contributed by atoms with van der Waals surface area (Å²) < 4.78 is -0.948. The van der Waals surface area contributed by atoms with E-state index in [-0.39, 0.29) is 34.5 Å². The number of aliphatic carboxylic acids is 1. The molecule has 9 unspecified atom stereocenters. The van der Waals surface area contributed by atoms with Crippen LogP contribution >= 0.6 is 12.6 Å². The molecule has 0 aromatic rings. The molecule has 6 nitrogen and oxygen atoms in total. The molecule has 1 amide bonds. The van der Waals surface area contributed by atoms with Crippen LogP contribution in [0.5, 0.6) is 0 Å². The maximum Gasteiger partial charge on any atom is 0.322 e. The molecule has 2 N–H and O–H groups in total. The molecule has 0 saturated heterocycles. The third kappa shape index (κ3) is 4.24. The topological polar surface area (TPSA) is 101 Å². The van der Waals surface area contributed by atoms with Crippen LogP contribution in [0, 0.1) is 46.3 Å². The van der Waals surface area contributed by atoms with Gasteiger partial charge in [-0.15, -0.1) is 0 Å². The maximum absolute atomic E-state index is 13.5. The van der Waals surface area contributed by atoms with Crippen molar-refractivity contribution < 1.29 is 24.3 Å². The van der Waals surface area contributed by atoms with Crippen LogP contribution in [0.3, 0.4) is 0 Å². The summed E-state index contributed by atoms with van der Waals surface area (Å²) in [6, 6.07) is 0. The van der Waals surface area contributed by atoms with Crippen molar-refractivity contribution in [2.45, 2.75) is 90.2 Å². The summed E-state index contributed by atoms with van der Waals surface area (Å²) in [5.74, 6) is 1.02. The Bertz CT molecular complexity index is 886. The van der Waals surface area contributed by atoms with Gasteiger partial charge in [0.25, 0.3) is 0 Å². The van der Waals surface area contributed by atoms with Gasteiger partial charge in [0.15, 0.2) is 0 Å². The van der Waals surface area contributed by atoms with Crippen LogP contribution in [0.15, 0.2) is 0 Å². The van der Waals surface area contributed by atoms with Gasteiger partial charge in [-0.05, 0) is 85.9 Å². The lowest BCUT2D eigenvalue weighted by Gasteiger charge is -2.59. The molecule has 0 aromatic carbocycles. The first kappa shape index (κ1) is 25.7. The molecule has 4 aliphatic rings. The van der Waals surface area contributed by atoms with E-state index in [1.165, 1.54) is 0 Å². The number of hydrogen-bond donors (Lipinski definition) is 3. The number of carbonyl (C=O) groups is 4. The molecule has 0 aromatic heterocycles. The fourth-order valence-electron chi connectivity index (χ4n) is 8.91. The van der Waals surface area contributed by atoms with Crippen molar-refractivity contribution in [3.63, 3.8) is 0 Å². The first-order valence-corrected chi connectivity index (χ1v) is 13.5. The van der Waals surface area contributed by atoms with Crippen molar-refractivity contribution in [1.29, 1.82) is 0 Å². The zero-order chi connectivity index (χ0) is 25.1. The van der Waals surface area contributed by atoms with E-state index in [0.29, 0.717) is 55.0 Å². The first-order chi connectivity index (χ1) is 15.8. The van der Waals surface area contributed by atoms with Gasteiger partial charge in [0.1, 0.15) is 18.1 Å². The van der Waals surface area contributed by atoms with Crippen LogP contribution < -0.4 is 5.32 Å². The van der Waals surface area contributed by atoms with Gasteiger partial charge in [0.2, 0.25) is 5.91 Å². The maximum atomic E-state index is 13.5. The molecule has 0 aliphatic heterocycles. The van der Waals surface area contributed by atoms with E-state index < -0.39 is 17.3 Å². The van der Waals surface area contributed by atoms with E-state index in [4.69, 9.17) is 5.11 Å². The van der Waals surface area contributed by atoms with Gasteiger partial charge in [0, 0.05) is 25.2 Å². The quantitative estimate of drug-likeness (QED) is 0.481. The molecule has 4 fully saturated rings. The molecular formula is C27H41NO5S. The van der Waals surface area contributed by atoms with Gasteiger partial charge in [-0.3, -0.25) is 19.2 Å². The summed E-state index contributed by atoms with van der Waals surface area (Å²) in [5.41, 5.74) is 0.161. The lowest BCUT2D eigenvalue weighted by Crippen LogP contribution is -2.57. The summed E-state index contributed by atoms with van der Waals surface area (Å²) in [6.45, 7) is 8.28. The fraction of sp³-hybridized carbons (Fsp3) is 0.852. The highest BCUT2D eigenvalue weighted by Gasteiger charge is 2.63. The highest BCUT2D eigenvalue weighted by atomic mass is 32.1. The second-order valence-corrected chi connectivity index (χ2v) is 13.6. The molecule has 190 valence electrons. The van der Waals surface area contributed by atoms with Gasteiger partial charge in [-0.1, -0.05) is 20.8 Å². The number of hydrogen-bond acceptors (Lipinski definition) is 5. The summed E-state index contributed by atoms with van der Waals surface area (Å²) in [6.07, 6.45) is 7.54. The number of rotatable bonds is 6. The molecular weight excluding hydrogens is 450 g/mol. The van der Waals surface area contributed by atoms with Crippen LogP contribution in [-0.4, -0.2) is 39.8 Å². The van der Waals surface area contributed by atoms with E-state index in [2.05, 4.69) is 38.7 Å². The van der Waals surface area contributed by atoms with Gasteiger partial charge in [-0.2, -0.15) is 12.6 Å². The number of carbonyl (C=O) groups excluding carboxylic acids is 3. The van der Waals surface area contributed by atoms with Crippen molar-refractivity contribution in [1.82, 2.24) is 5.32 Å². The van der Waals surface area contributed by atoms with Crippen molar-refractivity contribution in [2.24, 2.45) is 46.3 Å². The first-order valence-electron chi connectivity index (χ1n) is 13.1. The molecule has 4 aliphatic carbocycles. The predicted molar refractivity (Wildman–Crippen MR) is 132 cm³/mol. The molecule has 4 rings (SSSR count). The fourth-order valence-corrected chi connectivity index (χ4v) is 9.27. The Kier molecular flexibility index (Phi) is 6.76. The Hall–Kier alpha value is -1.37. The molecule has 0 spiro atoms. The predicted octanol–water partition coefficient (Wildman–Crippen LogP) is 4.31. The third-order valence-electron chi connectivity index (χ3n) is 10.7. The van der Waals surface area contributed by atoms with E-state index in [0.717, 1.165) is 32.1 Å². The van der Waals surface area contributed by atoms with Crippen molar-refractivity contribution in [3.8, 4) is 0 Å². The summed E-state index contributed by atoms with van der Waals surface area (Å²) in [5, 5.41) is 11.4. The normalized spacial score (nSPS) is 42.1. The highest BCUT2D eigenvalue weighted by Crippen LogP contribution is 2.67. The smallest absolute Gasteiger partial charge is 0.322 e. The van der Waals surface area contributed by atoms with Crippen LogP contribution in [0.25, 0.3) is 0 Å². The SMILES string of the molecule is CC(CC(C)(S)C(=O)NCC(=O)O)C1CCC2C3C(=O)CC4CC(=O)CCC4(C)C3CCC12C. The van der Waals surface area contributed by atoms with E-state index in [1.807, 2.05) is 0 Å². The summed E-state index contributed by atoms with van der Waals surface area (Å²) in [4.78, 5) is 49.1. The number of Topliss-reactive ketones (excluding diaryl/α,β-unsaturated/α-hetero) is 2. The molecule has 0 radical (unpaired) electrons. The van der Waals surface area contributed by atoms with Crippen molar-refractivity contribution in [3.05, 3.63) is 0 Å². The third-order valence-corrected chi connectivity index (χ3v) is 11.0. The van der Waals surface area contributed by atoms with Crippen LogP contribution in [-0.2, 0) is 19.2 Å². The van der Waals surface area contributed by atoms with E-state index in [9.17, 15) is 19.2 Å². The van der Waals surface area contributed by atoms with Gasteiger partial charge < -0.3 is 10.4 Å². The van der Waals surface area contributed by atoms with Crippen LogP contribution in [0.2, 0.25) is 0 Å². The summed E-state index contributed by atoms with van der Waals surface area (Å²) >= 11 is 4.63. The monoisotopic (exact) mass is 491 g/mol. The molecule has 9 atom stereocenters. The number of carboxylic acid groups (broad SMARTS) is 1. The Morgan fingerprint density at radius 2 is 1.79 bits per heavy atom. The minimum atomic E-state index is -1.07. The molecule has 34 heavy (non-hydrogen) atoms. The molecule has 4 saturated carbocycles. The zero-order valence-corrected chi connectivity index (χ0v) is 22.0. The zero-order valence-electron chi connectivity index (χ0n) is 21.1. The van der Waals surface area contributed by atoms with E-state index >= 15 is 0 Å². The second-order valence-electron chi connectivity index (χ2n) is 12.6. The van der Waals surface area contributed by atoms with Crippen LogP contribution in [0.1, 0.15) is 85.5 Å². The minimum absolute atomic E-state index is 0.0608. The number of fused-ring (bicyclic) bond motifs is 5. The lowest BCUT2D eigenvalue weighted by molar-refractivity contribution is -0.159. The molecule has 7 heteroatoms. The number of thiol groups is 1. The average molecular weight is 492 g/mol. The standard InChI is InChI=1S/C27H41NO5S/c1-15(13-27(4,34)24(33)28-14-22(31)32)18-5-6-19-23-20(8-10-26(18,19)3)25(2)9-7-17(29)11-16(25)12-21(23)30/h15-16,18-20,23,34H,5-14H2,1-4H3,(H,28,33)(H,31,32). The second kappa shape index (κ2) is 8.94. The van der Waals surface area contributed by atoms with Gasteiger partial charge in [0.05, 0.1) is 4.75 Å². The number of ketones is 2. The Balaban J connectivity index is 1.50. The van der Waals surface area contributed by atoms with Gasteiger partial charge >= 0.3 is 5.97 Å². The van der Waals surface area contributed by atoms with E-state index in [1.54, 1.807) is 6.92 Å². The minimum Gasteiger partial charge on any atom is -0.480 e. The lowest BCUT2D eigenvalue weighted by atomic mass is 9.44. The number of nitrogens with one attached hydrogen (secondary N) is 1. The highest BCUT2D eigenvalue weighted by molar-refractivity contribution is 7.82. The van der Waals surface area contributed by atoms with Crippen molar-refractivity contribution >= 4 is 36.1 Å². The Morgan fingerprint density at radius 3 is 2.47 bits per heavy atom. The summed E-state index contributed by atoms with van der Waals surface area (Å²) in [7, 11) is 0.